The highest BCUT2D eigenvalue weighted by Crippen LogP contribution is 2.44. The third-order valence-corrected chi connectivity index (χ3v) is 5.53. The van der Waals surface area contributed by atoms with Crippen LogP contribution in [0, 0.1) is 11.8 Å². The fraction of sp³-hybridized carbons (Fsp3) is 1.00. The predicted molar refractivity (Wildman–Crippen MR) is 73.7 cm³/mol. The van der Waals surface area contributed by atoms with Crippen molar-refractivity contribution >= 4 is 0 Å². The third kappa shape index (κ3) is 2.00. The van der Waals surface area contributed by atoms with Gasteiger partial charge in [-0.15, -0.1) is 0 Å². The van der Waals surface area contributed by atoms with Crippen molar-refractivity contribution in [1.29, 1.82) is 0 Å². The van der Waals surface area contributed by atoms with Gasteiger partial charge in [0.25, 0.3) is 0 Å². The van der Waals surface area contributed by atoms with Gasteiger partial charge in [-0.25, -0.2) is 0 Å². The molecule has 0 aromatic rings. The quantitative estimate of drug-likeness (QED) is 0.771. The molecule has 3 rings (SSSR count). The summed E-state index contributed by atoms with van der Waals surface area (Å²) in [6.07, 6.45) is 2.39. The third-order valence-electron chi connectivity index (χ3n) is 5.53. The molecule has 3 heterocycles. The fourth-order valence-corrected chi connectivity index (χ4v) is 4.54. The van der Waals surface area contributed by atoms with E-state index < -0.39 is 0 Å². The molecule has 3 fully saturated rings. The number of nitrogens with one attached hydrogen (secondary N) is 1. The van der Waals surface area contributed by atoms with Crippen LogP contribution < -0.4 is 5.32 Å². The molecule has 3 atom stereocenters. The predicted octanol–water partition coefficient (Wildman–Crippen LogP) is 1.87. The number of fused-ring (bicyclic) bond motifs is 1. The van der Waals surface area contributed by atoms with Crippen LogP contribution in [-0.2, 0) is 4.74 Å². The van der Waals surface area contributed by atoms with E-state index in [9.17, 15) is 0 Å². The highest BCUT2D eigenvalue weighted by molar-refractivity contribution is 5.07. The second-order valence-corrected chi connectivity index (χ2v) is 7.59. The minimum Gasteiger partial charge on any atom is -0.375 e. The molecule has 0 amide bonds. The standard InChI is InChI=1S/C15H28N2O/c1-14(2)7-12(5-6-18-14)17-10-11-8-16-9-13(11)15(17,3)4/h11-13,16H,5-10H2,1-4H3. The molecule has 3 unspecified atom stereocenters. The molecule has 3 saturated heterocycles. The summed E-state index contributed by atoms with van der Waals surface area (Å²) in [5, 5.41) is 3.57. The van der Waals surface area contributed by atoms with Crippen LogP contribution in [0.3, 0.4) is 0 Å². The Labute approximate surface area is 111 Å². The Morgan fingerprint density at radius 1 is 1.17 bits per heavy atom. The van der Waals surface area contributed by atoms with Gasteiger partial charge in [0, 0.05) is 31.3 Å². The van der Waals surface area contributed by atoms with Crippen LogP contribution in [0.1, 0.15) is 40.5 Å². The summed E-state index contributed by atoms with van der Waals surface area (Å²) >= 11 is 0. The summed E-state index contributed by atoms with van der Waals surface area (Å²) in [6.45, 7) is 14.0. The first kappa shape index (κ1) is 12.9. The minimum absolute atomic E-state index is 0.0644. The van der Waals surface area contributed by atoms with Gasteiger partial charge in [0.1, 0.15) is 0 Å². The molecule has 3 aliphatic heterocycles. The summed E-state index contributed by atoms with van der Waals surface area (Å²) < 4.78 is 5.88. The van der Waals surface area contributed by atoms with Gasteiger partial charge >= 0.3 is 0 Å². The van der Waals surface area contributed by atoms with Crippen LogP contribution >= 0.6 is 0 Å². The largest absolute Gasteiger partial charge is 0.375 e. The highest BCUT2D eigenvalue weighted by atomic mass is 16.5. The van der Waals surface area contributed by atoms with E-state index in [2.05, 4.69) is 37.9 Å². The van der Waals surface area contributed by atoms with Gasteiger partial charge in [0.2, 0.25) is 0 Å². The average Bonchev–Trinajstić information content (AvgIpc) is 2.80. The molecule has 3 heteroatoms. The lowest BCUT2D eigenvalue weighted by Gasteiger charge is -2.46. The van der Waals surface area contributed by atoms with Crippen molar-refractivity contribution in [3.8, 4) is 0 Å². The Hall–Kier alpha value is -0.120. The zero-order valence-electron chi connectivity index (χ0n) is 12.3. The summed E-state index contributed by atoms with van der Waals surface area (Å²) in [4.78, 5) is 2.80. The smallest absolute Gasteiger partial charge is 0.0641 e. The van der Waals surface area contributed by atoms with E-state index in [0.29, 0.717) is 11.6 Å². The fourth-order valence-electron chi connectivity index (χ4n) is 4.54. The van der Waals surface area contributed by atoms with E-state index in [4.69, 9.17) is 4.74 Å². The van der Waals surface area contributed by atoms with Crippen LogP contribution in [0.15, 0.2) is 0 Å². The lowest BCUT2D eigenvalue weighted by atomic mass is 9.83. The number of hydrogen-bond acceptors (Lipinski definition) is 3. The first-order chi connectivity index (χ1) is 8.40. The molecule has 0 aromatic heterocycles. The number of hydrogen-bond donors (Lipinski definition) is 1. The molecular formula is C15H28N2O. The van der Waals surface area contributed by atoms with Gasteiger partial charge in [-0.05, 0) is 58.9 Å². The molecule has 0 bridgehead atoms. The van der Waals surface area contributed by atoms with Crippen molar-refractivity contribution in [3.05, 3.63) is 0 Å². The van der Waals surface area contributed by atoms with E-state index in [1.54, 1.807) is 0 Å². The highest BCUT2D eigenvalue weighted by Gasteiger charge is 2.52. The van der Waals surface area contributed by atoms with Gasteiger partial charge in [-0.1, -0.05) is 0 Å². The Morgan fingerprint density at radius 3 is 2.61 bits per heavy atom. The van der Waals surface area contributed by atoms with Crippen molar-refractivity contribution < 1.29 is 4.74 Å². The van der Waals surface area contributed by atoms with E-state index in [0.717, 1.165) is 18.4 Å². The van der Waals surface area contributed by atoms with E-state index in [1.165, 1.54) is 32.5 Å². The lowest BCUT2D eigenvalue weighted by Crippen LogP contribution is -2.53. The second kappa shape index (κ2) is 4.19. The molecule has 0 saturated carbocycles. The maximum Gasteiger partial charge on any atom is 0.0641 e. The van der Waals surface area contributed by atoms with Crippen LogP contribution in [-0.4, -0.2) is 48.3 Å². The van der Waals surface area contributed by atoms with Crippen molar-refractivity contribution in [2.75, 3.05) is 26.2 Å². The first-order valence-electron chi connectivity index (χ1n) is 7.51. The van der Waals surface area contributed by atoms with E-state index in [-0.39, 0.29) is 5.60 Å². The molecule has 0 spiro atoms. The van der Waals surface area contributed by atoms with Gasteiger partial charge < -0.3 is 10.1 Å². The molecule has 1 N–H and O–H groups in total. The minimum atomic E-state index is 0.0644. The maximum atomic E-state index is 5.88. The summed E-state index contributed by atoms with van der Waals surface area (Å²) in [7, 11) is 0. The average molecular weight is 252 g/mol. The maximum absolute atomic E-state index is 5.88. The normalized spacial score (nSPS) is 43.0. The van der Waals surface area contributed by atoms with E-state index >= 15 is 0 Å². The van der Waals surface area contributed by atoms with Crippen LogP contribution in [0.25, 0.3) is 0 Å². The van der Waals surface area contributed by atoms with Gasteiger partial charge in [0.15, 0.2) is 0 Å². The zero-order valence-corrected chi connectivity index (χ0v) is 12.3. The summed E-state index contributed by atoms with van der Waals surface area (Å²) in [6, 6.07) is 0.717. The Kier molecular flexibility index (Phi) is 3.00. The van der Waals surface area contributed by atoms with Crippen LogP contribution in [0.2, 0.25) is 0 Å². The molecule has 0 aliphatic carbocycles. The Balaban J connectivity index is 1.76. The monoisotopic (exact) mass is 252 g/mol. The number of ether oxygens (including phenoxy) is 1. The summed E-state index contributed by atoms with van der Waals surface area (Å²) in [5.74, 6) is 1.70. The molecule has 0 aromatic carbocycles. The van der Waals surface area contributed by atoms with Crippen molar-refractivity contribution in [1.82, 2.24) is 10.2 Å². The molecular weight excluding hydrogens is 224 g/mol. The molecule has 0 radical (unpaired) electrons. The lowest BCUT2D eigenvalue weighted by molar-refractivity contribution is -0.0936. The SMILES string of the molecule is CC1(C)CC(N2CC3CNCC3C2(C)C)CCO1. The molecule has 3 nitrogen and oxygen atoms in total. The topological polar surface area (TPSA) is 24.5 Å². The van der Waals surface area contributed by atoms with Gasteiger partial charge in [-0.2, -0.15) is 0 Å². The molecule has 104 valence electrons. The van der Waals surface area contributed by atoms with Crippen LogP contribution in [0.5, 0.6) is 0 Å². The van der Waals surface area contributed by atoms with Crippen LogP contribution in [0.4, 0.5) is 0 Å². The Bertz CT molecular complexity index is 326. The second-order valence-electron chi connectivity index (χ2n) is 7.59. The Morgan fingerprint density at radius 2 is 1.94 bits per heavy atom. The van der Waals surface area contributed by atoms with Crippen molar-refractivity contribution in [3.63, 3.8) is 0 Å². The number of likely N-dealkylation sites (tertiary alicyclic amines) is 1. The first-order valence-corrected chi connectivity index (χ1v) is 7.51. The van der Waals surface area contributed by atoms with Gasteiger partial charge in [-0.3, -0.25) is 4.90 Å². The molecule has 18 heavy (non-hydrogen) atoms. The number of rotatable bonds is 1. The zero-order chi connectivity index (χ0) is 13.0. The van der Waals surface area contributed by atoms with E-state index in [1.807, 2.05) is 0 Å². The van der Waals surface area contributed by atoms with Gasteiger partial charge in [0.05, 0.1) is 5.60 Å². The summed E-state index contributed by atoms with van der Waals surface area (Å²) in [5.41, 5.74) is 0.418. The van der Waals surface area contributed by atoms with Crippen molar-refractivity contribution in [2.45, 2.75) is 57.7 Å². The number of nitrogens with zero attached hydrogens (tertiary/aromatic N) is 1. The van der Waals surface area contributed by atoms with Crippen molar-refractivity contribution in [2.24, 2.45) is 11.8 Å². The molecule has 3 aliphatic rings.